The Morgan fingerprint density at radius 2 is 1.96 bits per heavy atom. The van der Waals surface area contributed by atoms with Crippen LogP contribution < -0.4 is 10.0 Å². The maximum atomic E-state index is 12.4. The van der Waals surface area contributed by atoms with Gasteiger partial charge in [-0.1, -0.05) is 18.2 Å². The summed E-state index contributed by atoms with van der Waals surface area (Å²) < 4.78 is 28.9. The Kier molecular flexibility index (Phi) is 4.36. The van der Waals surface area contributed by atoms with E-state index in [0.717, 1.165) is 11.3 Å². The molecule has 0 atom stereocenters. The number of para-hydroxylation sites is 1. The smallest absolute Gasteiger partial charge is 0.271 e. The molecular weight excluding hydrogens is 348 g/mol. The molecule has 3 rings (SSSR count). The van der Waals surface area contributed by atoms with Gasteiger partial charge in [-0.25, -0.2) is 8.42 Å². The third-order valence-electron chi connectivity index (χ3n) is 3.13. The largest absolute Gasteiger partial charge is 0.305 e. The van der Waals surface area contributed by atoms with E-state index in [1.54, 1.807) is 59.7 Å². The van der Waals surface area contributed by atoms with Gasteiger partial charge in [0.25, 0.3) is 15.9 Å². The van der Waals surface area contributed by atoms with Crippen LogP contribution in [0.5, 0.6) is 0 Å². The normalized spacial score (nSPS) is 11.2. The Hall–Kier alpha value is -2.65. The van der Waals surface area contributed by atoms with Crippen molar-refractivity contribution in [3.63, 3.8) is 0 Å². The van der Waals surface area contributed by atoms with Gasteiger partial charge in [-0.15, -0.1) is 11.3 Å². The van der Waals surface area contributed by atoms with Gasteiger partial charge >= 0.3 is 0 Å². The SMILES string of the molecule is Cn1ccc(NC(=O)c2ccccc2NS(=O)(=O)c2cccs2)n1. The summed E-state index contributed by atoms with van der Waals surface area (Å²) in [6.45, 7) is 0. The van der Waals surface area contributed by atoms with Gasteiger partial charge < -0.3 is 5.32 Å². The van der Waals surface area contributed by atoms with Gasteiger partial charge in [-0.2, -0.15) is 5.10 Å². The number of hydrogen-bond acceptors (Lipinski definition) is 5. The van der Waals surface area contributed by atoms with Crippen LogP contribution in [0.15, 0.2) is 58.3 Å². The first kappa shape index (κ1) is 16.2. The number of benzene rings is 1. The molecule has 24 heavy (non-hydrogen) atoms. The number of amides is 1. The van der Waals surface area contributed by atoms with Crippen LogP contribution in [0.3, 0.4) is 0 Å². The average molecular weight is 362 g/mol. The fourth-order valence-electron chi connectivity index (χ4n) is 2.05. The molecule has 0 radical (unpaired) electrons. The topological polar surface area (TPSA) is 93.1 Å². The van der Waals surface area contributed by atoms with Gasteiger partial charge in [0.2, 0.25) is 0 Å². The standard InChI is InChI=1S/C15H14N4O3S2/c1-19-9-8-13(17-19)16-15(20)11-5-2-3-6-12(11)18-24(21,22)14-7-4-10-23-14/h2-10,18H,1H3,(H,16,17,20). The van der Waals surface area contributed by atoms with Gasteiger partial charge in [0.1, 0.15) is 4.21 Å². The van der Waals surface area contributed by atoms with E-state index in [1.165, 1.54) is 6.07 Å². The van der Waals surface area contributed by atoms with Crippen molar-refractivity contribution in [1.82, 2.24) is 9.78 Å². The van der Waals surface area contributed by atoms with Crippen molar-refractivity contribution in [2.75, 3.05) is 10.0 Å². The number of hydrogen-bond donors (Lipinski definition) is 2. The zero-order chi connectivity index (χ0) is 17.2. The summed E-state index contributed by atoms with van der Waals surface area (Å²) in [4.78, 5) is 12.4. The lowest BCUT2D eigenvalue weighted by molar-refractivity contribution is 0.102. The molecule has 1 aromatic carbocycles. The summed E-state index contributed by atoms with van der Waals surface area (Å²) in [6, 6.07) is 11.2. The van der Waals surface area contributed by atoms with E-state index < -0.39 is 15.9 Å². The summed E-state index contributed by atoms with van der Waals surface area (Å²) in [5.74, 6) is -0.0587. The molecule has 2 N–H and O–H groups in total. The van der Waals surface area contributed by atoms with Crippen molar-refractivity contribution in [2.24, 2.45) is 7.05 Å². The highest BCUT2D eigenvalue weighted by Crippen LogP contribution is 2.23. The summed E-state index contributed by atoms with van der Waals surface area (Å²) in [5.41, 5.74) is 0.419. The van der Waals surface area contributed by atoms with Crippen LogP contribution in [0.1, 0.15) is 10.4 Å². The van der Waals surface area contributed by atoms with Crippen LogP contribution in [0.25, 0.3) is 0 Å². The number of rotatable bonds is 5. The molecule has 0 fully saturated rings. The fourth-order valence-corrected chi connectivity index (χ4v) is 4.12. The second-order valence-corrected chi connectivity index (χ2v) is 7.77. The van der Waals surface area contributed by atoms with E-state index in [-0.39, 0.29) is 15.5 Å². The number of carbonyl (C=O) groups is 1. The number of thiophene rings is 1. The molecule has 0 aliphatic carbocycles. The molecule has 0 aliphatic rings. The number of nitrogens with zero attached hydrogens (tertiary/aromatic N) is 2. The van der Waals surface area contributed by atoms with Crippen molar-refractivity contribution in [2.45, 2.75) is 4.21 Å². The van der Waals surface area contributed by atoms with Crippen LogP contribution >= 0.6 is 11.3 Å². The Labute approximate surface area is 143 Å². The highest BCUT2D eigenvalue weighted by Gasteiger charge is 2.19. The first-order valence-electron chi connectivity index (χ1n) is 6.92. The van der Waals surface area contributed by atoms with Crippen LogP contribution in [-0.2, 0) is 17.1 Å². The van der Waals surface area contributed by atoms with Gasteiger partial charge in [0, 0.05) is 19.3 Å². The zero-order valence-electron chi connectivity index (χ0n) is 12.6. The Balaban J connectivity index is 1.86. The van der Waals surface area contributed by atoms with E-state index in [1.807, 2.05) is 0 Å². The minimum absolute atomic E-state index is 0.183. The molecule has 124 valence electrons. The molecule has 0 saturated heterocycles. The molecule has 9 heteroatoms. The number of nitrogens with one attached hydrogen (secondary N) is 2. The van der Waals surface area contributed by atoms with Crippen LogP contribution in [0.4, 0.5) is 11.5 Å². The lowest BCUT2D eigenvalue weighted by Gasteiger charge is -2.11. The molecule has 0 unspecified atom stereocenters. The monoisotopic (exact) mass is 362 g/mol. The number of aromatic nitrogens is 2. The van der Waals surface area contributed by atoms with Gasteiger partial charge in [-0.05, 0) is 23.6 Å². The second kappa shape index (κ2) is 6.46. The van der Waals surface area contributed by atoms with E-state index in [0.29, 0.717) is 5.82 Å². The zero-order valence-corrected chi connectivity index (χ0v) is 14.3. The minimum atomic E-state index is -3.73. The third-order valence-corrected chi connectivity index (χ3v) is 5.89. The van der Waals surface area contributed by atoms with Crippen molar-refractivity contribution in [1.29, 1.82) is 0 Å². The predicted octanol–water partition coefficient (Wildman–Crippen LogP) is 2.53. The first-order chi connectivity index (χ1) is 11.5. The number of carbonyl (C=O) groups excluding carboxylic acids is 1. The number of anilines is 2. The Bertz CT molecular complexity index is 962. The van der Waals surface area contributed by atoms with Crippen LogP contribution in [0.2, 0.25) is 0 Å². The van der Waals surface area contributed by atoms with Crippen molar-refractivity contribution >= 4 is 38.8 Å². The van der Waals surface area contributed by atoms with E-state index >= 15 is 0 Å². The summed E-state index contributed by atoms with van der Waals surface area (Å²) in [6.07, 6.45) is 1.70. The quantitative estimate of drug-likeness (QED) is 0.729. The molecule has 7 nitrogen and oxygen atoms in total. The predicted molar refractivity (Wildman–Crippen MR) is 92.7 cm³/mol. The summed E-state index contributed by atoms with van der Waals surface area (Å²) in [7, 11) is -1.99. The van der Waals surface area contributed by atoms with Gasteiger partial charge in [-0.3, -0.25) is 14.2 Å². The molecular formula is C15H14N4O3S2. The van der Waals surface area contributed by atoms with Crippen LogP contribution in [0, 0.1) is 0 Å². The van der Waals surface area contributed by atoms with E-state index in [2.05, 4.69) is 15.1 Å². The second-order valence-electron chi connectivity index (χ2n) is 4.91. The van der Waals surface area contributed by atoms with Crippen LogP contribution in [-0.4, -0.2) is 24.1 Å². The lowest BCUT2D eigenvalue weighted by Crippen LogP contribution is -2.18. The lowest BCUT2D eigenvalue weighted by atomic mass is 10.1. The van der Waals surface area contributed by atoms with E-state index in [4.69, 9.17) is 0 Å². The Morgan fingerprint density at radius 3 is 2.62 bits per heavy atom. The van der Waals surface area contributed by atoms with Crippen molar-refractivity contribution in [3.05, 3.63) is 59.6 Å². The molecule has 0 saturated carbocycles. The minimum Gasteiger partial charge on any atom is -0.305 e. The van der Waals surface area contributed by atoms with E-state index in [9.17, 15) is 13.2 Å². The van der Waals surface area contributed by atoms with Gasteiger partial charge in [0.15, 0.2) is 5.82 Å². The molecule has 2 heterocycles. The molecule has 2 aromatic heterocycles. The summed E-state index contributed by atoms with van der Waals surface area (Å²) >= 11 is 1.10. The molecule has 3 aromatic rings. The highest BCUT2D eigenvalue weighted by molar-refractivity contribution is 7.94. The fraction of sp³-hybridized carbons (Fsp3) is 0.0667. The summed E-state index contributed by atoms with van der Waals surface area (Å²) in [5, 5.41) is 8.38. The first-order valence-corrected chi connectivity index (χ1v) is 9.28. The maximum Gasteiger partial charge on any atom is 0.271 e. The molecule has 0 bridgehead atoms. The van der Waals surface area contributed by atoms with Gasteiger partial charge in [0.05, 0.1) is 11.3 Å². The number of aryl methyl sites for hydroxylation is 1. The average Bonchev–Trinajstić information content (AvgIpc) is 3.19. The highest BCUT2D eigenvalue weighted by atomic mass is 32.2. The molecule has 0 spiro atoms. The van der Waals surface area contributed by atoms with Crippen molar-refractivity contribution < 1.29 is 13.2 Å². The molecule has 1 amide bonds. The maximum absolute atomic E-state index is 12.4. The van der Waals surface area contributed by atoms with Crippen molar-refractivity contribution in [3.8, 4) is 0 Å². The number of sulfonamides is 1. The molecule has 0 aliphatic heterocycles. The third kappa shape index (κ3) is 3.47. The Morgan fingerprint density at radius 1 is 1.17 bits per heavy atom.